The minimum absolute atomic E-state index is 0.312. The SMILES string of the molecule is CC1OC(O)C(OC2OC(C)C(OC3OCC(O)C(O)C3O)C(O)C2O)C(O)C1O. The van der Waals surface area contributed by atoms with Crippen LogP contribution in [0, 0.1) is 0 Å². The van der Waals surface area contributed by atoms with Gasteiger partial charge in [-0.25, -0.2) is 0 Å². The molecule has 14 atom stereocenters. The summed E-state index contributed by atoms with van der Waals surface area (Å²) in [5.41, 5.74) is 0. The van der Waals surface area contributed by atoms with Crippen molar-refractivity contribution in [2.45, 2.75) is 99.9 Å². The summed E-state index contributed by atoms with van der Waals surface area (Å²) in [4.78, 5) is 0. The number of hydrogen-bond donors (Lipinski definition) is 8. The molecular weight excluding hydrogens is 412 g/mol. The first-order chi connectivity index (χ1) is 14.0. The first kappa shape index (κ1) is 24.1. The molecule has 0 aromatic rings. The summed E-state index contributed by atoms with van der Waals surface area (Å²) in [5, 5.41) is 80.1. The van der Waals surface area contributed by atoms with Crippen molar-refractivity contribution in [3.8, 4) is 0 Å². The molecule has 14 unspecified atom stereocenters. The van der Waals surface area contributed by atoms with Gasteiger partial charge in [0.2, 0.25) is 0 Å². The quantitative estimate of drug-likeness (QED) is 0.206. The largest absolute Gasteiger partial charge is 0.388 e. The highest BCUT2D eigenvalue weighted by Crippen LogP contribution is 2.31. The summed E-state index contributed by atoms with van der Waals surface area (Å²) in [6, 6.07) is 0. The van der Waals surface area contributed by atoms with Crippen LogP contribution in [0.5, 0.6) is 0 Å². The van der Waals surface area contributed by atoms with E-state index in [1.165, 1.54) is 13.8 Å². The van der Waals surface area contributed by atoms with Gasteiger partial charge >= 0.3 is 0 Å². The number of aliphatic hydroxyl groups is 8. The monoisotopic (exact) mass is 442 g/mol. The maximum Gasteiger partial charge on any atom is 0.187 e. The Morgan fingerprint density at radius 2 is 1.17 bits per heavy atom. The van der Waals surface area contributed by atoms with Gasteiger partial charge in [0.25, 0.3) is 0 Å². The van der Waals surface area contributed by atoms with E-state index in [1.54, 1.807) is 0 Å². The zero-order valence-corrected chi connectivity index (χ0v) is 16.4. The smallest absolute Gasteiger partial charge is 0.187 e. The van der Waals surface area contributed by atoms with Gasteiger partial charge in [0.15, 0.2) is 18.9 Å². The Hall–Kier alpha value is -0.520. The van der Waals surface area contributed by atoms with Gasteiger partial charge in [-0.15, -0.1) is 0 Å². The van der Waals surface area contributed by atoms with Gasteiger partial charge in [0.05, 0.1) is 18.8 Å². The molecule has 3 aliphatic heterocycles. The third kappa shape index (κ3) is 4.63. The van der Waals surface area contributed by atoms with Crippen LogP contribution in [0.1, 0.15) is 13.8 Å². The van der Waals surface area contributed by atoms with E-state index in [1.807, 2.05) is 0 Å². The summed E-state index contributed by atoms with van der Waals surface area (Å²) in [6.07, 6.45) is -19.7. The summed E-state index contributed by atoms with van der Waals surface area (Å²) in [7, 11) is 0. The van der Waals surface area contributed by atoms with Gasteiger partial charge in [-0.1, -0.05) is 0 Å². The Bertz CT molecular complexity index is 566. The van der Waals surface area contributed by atoms with E-state index in [9.17, 15) is 40.9 Å². The molecule has 30 heavy (non-hydrogen) atoms. The lowest BCUT2D eigenvalue weighted by atomic mass is 9.97. The van der Waals surface area contributed by atoms with Crippen molar-refractivity contribution >= 4 is 0 Å². The van der Waals surface area contributed by atoms with E-state index in [0.717, 1.165) is 0 Å². The van der Waals surface area contributed by atoms with Crippen molar-refractivity contribution in [1.82, 2.24) is 0 Å². The number of ether oxygens (including phenoxy) is 5. The molecule has 0 saturated carbocycles. The van der Waals surface area contributed by atoms with Crippen molar-refractivity contribution in [3.05, 3.63) is 0 Å². The van der Waals surface area contributed by atoms with Crippen molar-refractivity contribution in [2.24, 2.45) is 0 Å². The Kier molecular flexibility index (Phi) is 7.67. The van der Waals surface area contributed by atoms with E-state index in [2.05, 4.69) is 0 Å². The molecule has 0 aromatic carbocycles. The minimum atomic E-state index is -1.71. The first-order valence-corrected chi connectivity index (χ1v) is 9.71. The Morgan fingerprint density at radius 3 is 1.83 bits per heavy atom. The van der Waals surface area contributed by atoms with Crippen molar-refractivity contribution in [1.29, 1.82) is 0 Å². The molecule has 3 heterocycles. The highest BCUT2D eigenvalue weighted by atomic mass is 16.7. The number of hydrogen-bond acceptors (Lipinski definition) is 13. The number of aliphatic hydroxyl groups excluding tert-OH is 8. The van der Waals surface area contributed by atoms with Crippen molar-refractivity contribution in [2.75, 3.05) is 6.61 Å². The molecule has 0 amide bonds. The fraction of sp³-hybridized carbons (Fsp3) is 1.00. The molecule has 0 radical (unpaired) electrons. The number of rotatable bonds is 4. The Balaban J connectivity index is 1.63. The lowest BCUT2D eigenvalue weighted by molar-refractivity contribution is -0.372. The van der Waals surface area contributed by atoms with Gasteiger partial charge in [0.1, 0.15) is 54.9 Å². The van der Waals surface area contributed by atoms with Crippen LogP contribution in [-0.4, -0.2) is 133 Å². The van der Waals surface area contributed by atoms with Crippen LogP contribution in [0.15, 0.2) is 0 Å². The molecule has 13 heteroatoms. The summed E-state index contributed by atoms with van der Waals surface area (Å²) in [5.74, 6) is 0. The third-order valence-corrected chi connectivity index (χ3v) is 5.62. The van der Waals surface area contributed by atoms with Crippen LogP contribution in [-0.2, 0) is 23.7 Å². The highest BCUT2D eigenvalue weighted by Gasteiger charge is 2.51. The molecule has 8 N–H and O–H groups in total. The lowest BCUT2D eigenvalue weighted by Gasteiger charge is -2.46. The average Bonchev–Trinajstić information content (AvgIpc) is 2.70. The van der Waals surface area contributed by atoms with Crippen LogP contribution in [0.25, 0.3) is 0 Å². The molecule has 176 valence electrons. The van der Waals surface area contributed by atoms with Gasteiger partial charge in [-0.05, 0) is 13.8 Å². The Labute approximate surface area is 171 Å². The summed E-state index contributed by atoms with van der Waals surface area (Å²) in [6.45, 7) is 2.61. The highest BCUT2D eigenvalue weighted by molar-refractivity contribution is 4.93. The maximum absolute atomic E-state index is 10.5. The second-order valence-corrected chi connectivity index (χ2v) is 7.86. The zero-order chi connectivity index (χ0) is 22.3. The van der Waals surface area contributed by atoms with Crippen LogP contribution in [0.3, 0.4) is 0 Å². The van der Waals surface area contributed by atoms with Gasteiger partial charge in [0, 0.05) is 0 Å². The third-order valence-electron chi connectivity index (χ3n) is 5.62. The molecule has 0 spiro atoms. The lowest BCUT2D eigenvalue weighted by Crippen LogP contribution is -2.64. The van der Waals surface area contributed by atoms with Gasteiger partial charge in [-0.3, -0.25) is 0 Å². The predicted molar refractivity (Wildman–Crippen MR) is 92.4 cm³/mol. The van der Waals surface area contributed by atoms with Crippen LogP contribution < -0.4 is 0 Å². The molecule has 3 saturated heterocycles. The average molecular weight is 442 g/mol. The molecule has 3 aliphatic rings. The van der Waals surface area contributed by atoms with Gasteiger partial charge < -0.3 is 64.5 Å². The summed E-state index contributed by atoms with van der Waals surface area (Å²) < 4.78 is 26.6. The maximum atomic E-state index is 10.5. The fourth-order valence-corrected chi connectivity index (χ4v) is 3.68. The molecule has 0 aliphatic carbocycles. The van der Waals surface area contributed by atoms with Crippen LogP contribution >= 0.6 is 0 Å². The Morgan fingerprint density at radius 1 is 0.600 bits per heavy atom. The second kappa shape index (κ2) is 9.54. The van der Waals surface area contributed by atoms with Crippen molar-refractivity contribution < 1.29 is 64.5 Å². The molecule has 13 nitrogen and oxygen atoms in total. The zero-order valence-electron chi connectivity index (χ0n) is 16.4. The summed E-state index contributed by atoms with van der Waals surface area (Å²) >= 11 is 0. The van der Waals surface area contributed by atoms with Crippen molar-refractivity contribution in [3.63, 3.8) is 0 Å². The fourth-order valence-electron chi connectivity index (χ4n) is 3.68. The van der Waals surface area contributed by atoms with E-state index in [-0.39, 0.29) is 6.61 Å². The van der Waals surface area contributed by atoms with E-state index in [0.29, 0.717) is 0 Å². The molecule has 3 rings (SSSR count). The first-order valence-electron chi connectivity index (χ1n) is 9.71. The van der Waals surface area contributed by atoms with E-state index < -0.39 is 86.0 Å². The van der Waals surface area contributed by atoms with Crippen LogP contribution in [0.2, 0.25) is 0 Å². The van der Waals surface area contributed by atoms with Crippen LogP contribution in [0.4, 0.5) is 0 Å². The standard InChI is InChI=1S/C17H30O13/c1-4-7(19)9(21)14(15(25)27-4)30-17-12(24)10(22)13(5(2)28-17)29-16-11(23)8(20)6(18)3-26-16/h4-25H,3H2,1-2H3. The predicted octanol–water partition coefficient (Wildman–Crippen LogP) is -4.88. The van der Waals surface area contributed by atoms with Gasteiger partial charge in [-0.2, -0.15) is 0 Å². The van der Waals surface area contributed by atoms with E-state index >= 15 is 0 Å². The molecule has 0 bridgehead atoms. The minimum Gasteiger partial charge on any atom is -0.388 e. The molecule has 3 fully saturated rings. The molecule has 0 aromatic heterocycles. The normalized spacial score (nSPS) is 55.4. The molecular formula is C17H30O13. The van der Waals surface area contributed by atoms with E-state index in [4.69, 9.17) is 23.7 Å². The second-order valence-electron chi connectivity index (χ2n) is 7.86. The topological polar surface area (TPSA) is 208 Å².